The number of hydrogen-bond donors (Lipinski definition) is 0. The fraction of sp³-hybridized carbons (Fsp3) is 0.348. The number of hydrogen-bond acceptors (Lipinski definition) is 8. The summed E-state index contributed by atoms with van der Waals surface area (Å²) in [4.78, 5) is 14.9. The van der Waals surface area contributed by atoms with Crippen molar-refractivity contribution in [2.45, 2.75) is 19.0 Å². The lowest BCUT2D eigenvalue weighted by molar-refractivity contribution is 0.0649. The van der Waals surface area contributed by atoms with E-state index in [1.165, 1.54) is 7.11 Å². The van der Waals surface area contributed by atoms with E-state index in [0.29, 0.717) is 53.7 Å². The summed E-state index contributed by atoms with van der Waals surface area (Å²) in [6, 6.07) is 10.7. The minimum atomic E-state index is -3.01. The predicted molar refractivity (Wildman–Crippen MR) is 119 cm³/mol. The van der Waals surface area contributed by atoms with Gasteiger partial charge in [-0.2, -0.15) is 0 Å². The Morgan fingerprint density at radius 3 is 2.59 bits per heavy atom. The third-order valence-corrected chi connectivity index (χ3v) is 7.88. The molecule has 3 heterocycles. The van der Waals surface area contributed by atoms with E-state index in [2.05, 4.69) is 0 Å². The number of fused-ring (bicyclic) bond motifs is 3. The van der Waals surface area contributed by atoms with Gasteiger partial charge in [0.2, 0.25) is 0 Å². The molecule has 9 heteroatoms. The summed E-state index contributed by atoms with van der Waals surface area (Å²) in [7, 11) is 0.0845. The van der Waals surface area contributed by atoms with Gasteiger partial charge in [0.25, 0.3) is 0 Å². The summed E-state index contributed by atoms with van der Waals surface area (Å²) < 4.78 is 46.1. The average Bonchev–Trinajstić information content (AvgIpc) is 3.17. The van der Waals surface area contributed by atoms with Crippen LogP contribution in [0, 0.1) is 0 Å². The molecule has 0 saturated carbocycles. The molecule has 1 unspecified atom stereocenters. The SMILES string of the molecule is COc1ccc(-c2cc3ccc4c(c3oc2=O)CN(C2CCS(=O)(=O)C2)CO4)cc1OC. The number of benzene rings is 2. The normalized spacial score (nSPS) is 20.0. The Labute approximate surface area is 185 Å². The highest BCUT2D eigenvalue weighted by Gasteiger charge is 2.35. The zero-order chi connectivity index (χ0) is 22.5. The number of methoxy groups -OCH3 is 2. The first-order chi connectivity index (χ1) is 15.4. The first-order valence-corrected chi connectivity index (χ1v) is 12.1. The van der Waals surface area contributed by atoms with E-state index in [1.54, 1.807) is 31.4 Å². The topological polar surface area (TPSA) is 95.3 Å². The fourth-order valence-electron chi connectivity index (χ4n) is 4.41. The van der Waals surface area contributed by atoms with Crippen molar-refractivity contribution in [2.75, 3.05) is 32.5 Å². The van der Waals surface area contributed by atoms with Gasteiger partial charge < -0.3 is 18.6 Å². The Morgan fingerprint density at radius 2 is 1.88 bits per heavy atom. The highest BCUT2D eigenvalue weighted by atomic mass is 32.2. The van der Waals surface area contributed by atoms with Crippen LogP contribution in [0.3, 0.4) is 0 Å². The van der Waals surface area contributed by atoms with Crippen molar-refractivity contribution in [3.05, 3.63) is 52.4 Å². The summed E-state index contributed by atoms with van der Waals surface area (Å²) in [6.45, 7) is 0.776. The van der Waals surface area contributed by atoms with E-state index in [-0.39, 0.29) is 17.5 Å². The largest absolute Gasteiger partial charge is 0.493 e. The van der Waals surface area contributed by atoms with Crippen molar-refractivity contribution in [1.82, 2.24) is 4.90 Å². The van der Waals surface area contributed by atoms with Crippen LogP contribution in [-0.4, -0.2) is 51.8 Å². The molecule has 2 aliphatic rings. The molecule has 0 aliphatic carbocycles. The van der Waals surface area contributed by atoms with Gasteiger partial charge in [0.15, 0.2) is 21.3 Å². The van der Waals surface area contributed by atoms with Gasteiger partial charge in [-0.3, -0.25) is 4.90 Å². The number of nitrogens with zero attached hydrogens (tertiary/aromatic N) is 1. The second-order valence-corrected chi connectivity index (χ2v) is 10.3. The minimum Gasteiger partial charge on any atom is -0.493 e. The molecule has 0 spiro atoms. The van der Waals surface area contributed by atoms with Crippen LogP contribution in [0.2, 0.25) is 0 Å². The molecule has 8 nitrogen and oxygen atoms in total. The van der Waals surface area contributed by atoms with Gasteiger partial charge in [-0.05, 0) is 42.3 Å². The van der Waals surface area contributed by atoms with E-state index in [1.807, 2.05) is 17.0 Å². The molecular weight excluding hydrogens is 434 g/mol. The summed E-state index contributed by atoms with van der Waals surface area (Å²) >= 11 is 0. The first kappa shape index (κ1) is 20.8. The van der Waals surface area contributed by atoms with Gasteiger partial charge in [0, 0.05) is 18.0 Å². The monoisotopic (exact) mass is 457 g/mol. The van der Waals surface area contributed by atoms with E-state index >= 15 is 0 Å². The molecule has 1 aromatic heterocycles. The van der Waals surface area contributed by atoms with Gasteiger partial charge in [-0.1, -0.05) is 6.07 Å². The van der Waals surface area contributed by atoms with Crippen LogP contribution in [0.1, 0.15) is 12.0 Å². The molecule has 0 bridgehead atoms. The van der Waals surface area contributed by atoms with Gasteiger partial charge >= 0.3 is 5.63 Å². The van der Waals surface area contributed by atoms with Crippen LogP contribution in [-0.2, 0) is 16.4 Å². The summed E-state index contributed by atoms with van der Waals surface area (Å²) in [5.74, 6) is 2.06. The van der Waals surface area contributed by atoms with Gasteiger partial charge in [0.1, 0.15) is 18.1 Å². The van der Waals surface area contributed by atoms with Crippen LogP contribution in [0.25, 0.3) is 22.1 Å². The number of ether oxygens (including phenoxy) is 3. The lowest BCUT2D eigenvalue weighted by Gasteiger charge is -2.33. The maximum absolute atomic E-state index is 12.9. The van der Waals surface area contributed by atoms with Crippen LogP contribution in [0.4, 0.5) is 0 Å². The molecule has 3 aromatic rings. The van der Waals surface area contributed by atoms with Crippen molar-refractivity contribution in [3.63, 3.8) is 0 Å². The zero-order valence-electron chi connectivity index (χ0n) is 17.8. The molecule has 1 saturated heterocycles. The van der Waals surface area contributed by atoms with E-state index in [4.69, 9.17) is 18.6 Å². The maximum atomic E-state index is 12.9. The fourth-order valence-corrected chi connectivity index (χ4v) is 6.17. The molecule has 0 N–H and O–H groups in total. The number of sulfone groups is 1. The molecule has 5 rings (SSSR count). The quantitative estimate of drug-likeness (QED) is 0.552. The second kappa shape index (κ2) is 7.83. The highest BCUT2D eigenvalue weighted by molar-refractivity contribution is 7.91. The van der Waals surface area contributed by atoms with Crippen molar-refractivity contribution in [1.29, 1.82) is 0 Å². The zero-order valence-corrected chi connectivity index (χ0v) is 18.6. The Balaban J connectivity index is 1.54. The standard InChI is InChI=1S/C23H23NO7S/c1-28-20-6-3-14(10-21(20)29-2)17-9-15-4-5-19-18(22(15)31-23(17)25)11-24(13-30-19)16-7-8-32(26,27)12-16/h3-6,9-10,16H,7-8,11-13H2,1-2H3. The van der Waals surface area contributed by atoms with Crippen LogP contribution in [0.5, 0.6) is 17.2 Å². The average molecular weight is 458 g/mol. The molecular formula is C23H23NO7S. The third-order valence-electron chi connectivity index (χ3n) is 6.13. The number of rotatable bonds is 4. The van der Waals surface area contributed by atoms with Gasteiger partial charge in [-0.25, -0.2) is 13.2 Å². The molecule has 32 heavy (non-hydrogen) atoms. The molecule has 168 valence electrons. The Bertz CT molecular complexity index is 1360. The van der Waals surface area contributed by atoms with Crippen LogP contribution < -0.4 is 19.8 Å². The van der Waals surface area contributed by atoms with Crippen molar-refractivity contribution < 1.29 is 27.0 Å². The van der Waals surface area contributed by atoms with Crippen LogP contribution >= 0.6 is 0 Å². The van der Waals surface area contributed by atoms with Gasteiger partial charge in [0.05, 0.1) is 36.9 Å². The first-order valence-electron chi connectivity index (χ1n) is 10.3. The molecule has 2 aromatic carbocycles. The van der Waals surface area contributed by atoms with Crippen molar-refractivity contribution in [2.24, 2.45) is 0 Å². The Kier molecular flexibility index (Phi) is 5.10. The minimum absolute atomic E-state index is 0.0961. The molecule has 1 fully saturated rings. The van der Waals surface area contributed by atoms with E-state index < -0.39 is 15.5 Å². The van der Waals surface area contributed by atoms with E-state index in [0.717, 1.165) is 10.9 Å². The van der Waals surface area contributed by atoms with Crippen molar-refractivity contribution >= 4 is 20.8 Å². The molecule has 0 radical (unpaired) electrons. The summed E-state index contributed by atoms with van der Waals surface area (Å²) in [6.07, 6.45) is 0.583. The third kappa shape index (κ3) is 3.61. The van der Waals surface area contributed by atoms with E-state index in [9.17, 15) is 13.2 Å². The van der Waals surface area contributed by atoms with Crippen LogP contribution in [0.15, 0.2) is 45.6 Å². The smallest absolute Gasteiger partial charge is 0.344 e. The predicted octanol–water partition coefficient (Wildman–Crippen LogP) is 2.82. The van der Waals surface area contributed by atoms with Gasteiger partial charge in [-0.15, -0.1) is 0 Å². The van der Waals surface area contributed by atoms with Crippen molar-refractivity contribution in [3.8, 4) is 28.4 Å². The lowest BCUT2D eigenvalue weighted by Crippen LogP contribution is -2.41. The Morgan fingerprint density at radius 1 is 1.06 bits per heavy atom. The molecule has 2 aliphatic heterocycles. The maximum Gasteiger partial charge on any atom is 0.344 e. The summed E-state index contributed by atoms with van der Waals surface area (Å²) in [5.41, 5.74) is 1.81. The molecule has 0 amide bonds. The highest BCUT2D eigenvalue weighted by Crippen LogP contribution is 2.36. The second-order valence-electron chi connectivity index (χ2n) is 8.06. The summed E-state index contributed by atoms with van der Waals surface area (Å²) in [5, 5.41) is 0.762. The Hall–Kier alpha value is -3.04. The lowest BCUT2D eigenvalue weighted by atomic mass is 10.0. The molecule has 1 atom stereocenters.